The molecule has 162 valence electrons. The maximum Gasteiger partial charge on any atom is 0.416 e. The minimum Gasteiger partial charge on any atom is -0.395 e. The molecular weight excluding hydrogens is 405 g/mol. The van der Waals surface area contributed by atoms with Crippen LogP contribution >= 0.6 is 0 Å². The van der Waals surface area contributed by atoms with Crippen molar-refractivity contribution in [2.75, 3.05) is 44.2 Å². The predicted molar refractivity (Wildman–Crippen MR) is 114 cm³/mol. The van der Waals surface area contributed by atoms with E-state index in [-0.39, 0.29) is 6.61 Å². The lowest BCUT2D eigenvalue weighted by atomic mass is 10.1. The molecule has 1 aromatic heterocycles. The van der Waals surface area contributed by atoms with Crippen LogP contribution in [0.2, 0.25) is 0 Å². The lowest BCUT2D eigenvalue weighted by Crippen LogP contribution is -2.47. The van der Waals surface area contributed by atoms with Gasteiger partial charge in [0.05, 0.1) is 17.9 Å². The van der Waals surface area contributed by atoms with Gasteiger partial charge in [-0.3, -0.25) is 4.90 Å². The van der Waals surface area contributed by atoms with Crippen LogP contribution < -0.4 is 4.90 Å². The summed E-state index contributed by atoms with van der Waals surface area (Å²) in [6.45, 7) is 3.74. The number of benzene rings is 2. The average Bonchev–Trinajstić information content (AvgIpc) is 2.80. The highest BCUT2D eigenvalue weighted by Crippen LogP contribution is 2.33. The third-order valence-electron chi connectivity index (χ3n) is 5.34. The Bertz CT molecular complexity index is 1020. The molecule has 0 aliphatic carbocycles. The van der Waals surface area contributed by atoms with Gasteiger partial charge in [0.15, 0.2) is 5.82 Å². The Morgan fingerprint density at radius 1 is 0.839 bits per heavy atom. The average molecular weight is 428 g/mol. The molecule has 4 rings (SSSR count). The van der Waals surface area contributed by atoms with Gasteiger partial charge in [-0.1, -0.05) is 42.5 Å². The molecule has 8 heteroatoms. The molecule has 1 N–H and O–H groups in total. The van der Waals surface area contributed by atoms with Crippen LogP contribution in [0, 0.1) is 0 Å². The van der Waals surface area contributed by atoms with Crippen molar-refractivity contribution in [2.24, 2.45) is 0 Å². The third kappa shape index (κ3) is 5.03. The van der Waals surface area contributed by atoms with Crippen LogP contribution in [0.15, 0.2) is 60.7 Å². The van der Waals surface area contributed by atoms with Crippen molar-refractivity contribution in [1.29, 1.82) is 0 Å². The number of aromatic nitrogens is 2. The molecule has 1 fully saturated rings. The molecule has 3 aromatic rings. The van der Waals surface area contributed by atoms with Crippen LogP contribution in [-0.4, -0.2) is 59.3 Å². The maximum absolute atomic E-state index is 13.2. The van der Waals surface area contributed by atoms with Crippen LogP contribution in [-0.2, 0) is 6.18 Å². The van der Waals surface area contributed by atoms with Crippen molar-refractivity contribution in [3.8, 4) is 22.6 Å². The topological polar surface area (TPSA) is 52.5 Å². The third-order valence-corrected chi connectivity index (χ3v) is 5.34. The maximum atomic E-state index is 13.2. The van der Waals surface area contributed by atoms with Gasteiger partial charge in [0, 0.05) is 49.9 Å². The first-order valence-corrected chi connectivity index (χ1v) is 10.1. The Morgan fingerprint density at radius 3 is 2.23 bits per heavy atom. The first-order chi connectivity index (χ1) is 14.9. The van der Waals surface area contributed by atoms with Crippen LogP contribution in [0.25, 0.3) is 22.6 Å². The fraction of sp³-hybridized carbons (Fsp3) is 0.304. The van der Waals surface area contributed by atoms with Crippen LogP contribution in [0.4, 0.5) is 19.0 Å². The number of nitrogens with zero attached hydrogens (tertiary/aromatic N) is 4. The summed E-state index contributed by atoms with van der Waals surface area (Å²) >= 11 is 0. The Morgan fingerprint density at radius 2 is 1.55 bits per heavy atom. The highest BCUT2D eigenvalue weighted by molar-refractivity contribution is 5.68. The number of anilines is 1. The van der Waals surface area contributed by atoms with E-state index in [2.05, 4.69) is 14.8 Å². The zero-order valence-electron chi connectivity index (χ0n) is 16.9. The minimum absolute atomic E-state index is 0.116. The van der Waals surface area contributed by atoms with Crippen molar-refractivity contribution in [3.05, 3.63) is 66.2 Å². The standard InChI is InChI=1S/C23H23F3N4O/c24-23(25,26)19-8-4-7-18(15-19)20-16-21(30-11-9-29(10-12-30)13-14-31)28-22(27-20)17-5-2-1-3-6-17/h1-8,15-16,31H,9-14H2. The van der Waals surface area contributed by atoms with Crippen LogP contribution in [0.1, 0.15) is 5.56 Å². The molecule has 0 unspecified atom stereocenters. The number of hydrogen-bond acceptors (Lipinski definition) is 5. The molecular formula is C23H23F3N4O. The number of aliphatic hydroxyl groups is 1. The first kappa shape index (κ1) is 21.3. The van der Waals surface area contributed by atoms with Gasteiger partial charge in [-0.25, -0.2) is 9.97 Å². The highest BCUT2D eigenvalue weighted by Gasteiger charge is 2.30. The fourth-order valence-electron chi connectivity index (χ4n) is 3.66. The fourth-order valence-corrected chi connectivity index (χ4v) is 3.66. The molecule has 2 heterocycles. The summed E-state index contributed by atoms with van der Waals surface area (Å²) < 4.78 is 39.7. The lowest BCUT2D eigenvalue weighted by molar-refractivity contribution is -0.137. The van der Waals surface area contributed by atoms with Gasteiger partial charge in [0.2, 0.25) is 0 Å². The summed E-state index contributed by atoms with van der Waals surface area (Å²) in [4.78, 5) is 13.6. The lowest BCUT2D eigenvalue weighted by Gasteiger charge is -2.35. The van der Waals surface area contributed by atoms with Gasteiger partial charge < -0.3 is 10.0 Å². The van der Waals surface area contributed by atoms with E-state index in [9.17, 15) is 13.2 Å². The molecule has 0 atom stereocenters. The Hall–Kier alpha value is -2.97. The van der Waals surface area contributed by atoms with Gasteiger partial charge in [-0.2, -0.15) is 13.2 Å². The number of alkyl halides is 3. The van der Waals surface area contributed by atoms with E-state index in [1.165, 1.54) is 6.07 Å². The number of piperazine rings is 1. The molecule has 0 spiro atoms. The van der Waals surface area contributed by atoms with Crippen molar-refractivity contribution < 1.29 is 18.3 Å². The number of aliphatic hydroxyl groups excluding tert-OH is 1. The predicted octanol–water partition coefficient (Wildman–Crippen LogP) is 3.94. The second kappa shape index (κ2) is 9.03. The largest absolute Gasteiger partial charge is 0.416 e. The van der Waals surface area contributed by atoms with E-state index in [0.29, 0.717) is 42.5 Å². The molecule has 2 aromatic carbocycles. The van der Waals surface area contributed by atoms with Gasteiger partial charge >= 0.3 is 6.18 Å². The second-order valence-electron chi connectivity index (χ2n) is 7.43. The summed E-state index contributed by atoms with van der Waals surface area (Å²) in [5.41, 5.74) is 0.947. The molecule has 1 aliphatic heterocycles. The van der Waals surface area contributed by atoms with Crippen molar-refractivity contribution in [2.45, 2.75) is 6.18 Å². The SMILES string of the molecule is OCCN1CCN(c2cc(-c3cccc(C(F)(F)F)c3)nc(-c3ccccc3)n2)CC1. The number of halogens is 3. The number of rotatable bonds is 5. The summed E-state index contributed by atoms with van der Waals surface area (Å²) in [6, 6.07) is 16.4. The highest BCUT2D eigenvalue weighted by atomic mass is 19.4. The van der Waals surface area contributed by atoms with E-state index < -0.39 is 11.7 Å². The Balaban J connectivity index is 1.73. The van der Waals surface area contributed by atoms with E-state index in [1.54, 1.807) is 12.1 Å². The van der Waals surface area contributed by atoms with Gasteiger partial charge in [-0.05, 0) is 12.1 Å². The van der Waals surface area contributed by atoms with Crippen molar-refractivity contribution >= 4 is 5.82 Å². The van der Waals surface area contributed by atoms with E-state index >= 15 is 0 Å². The van der Waals surface area contributed by atoms with Gasteiger partial charge in [0.1, 0.15) is 5.82 Å². The molecule has 0 amide bonds. The van der Waals surface area contributed by atoms with Gasteiger partial charge in [-0.15, -0.1) is 0 Å². The monoisotopic (exact) mass is 428 g/mol. The van der Waals surface area contributed by atoms with Crippen LogP contribution in [0.5, 0.6) is 0 Å². The summed E-state index contributed by atoms with van der Waals surface area (Å²) in [6.07, 6.45) is -4.42. The van der Waals surface area contributed by atoms with Crippen molar-refractivity contribution in [1.82, 2.24) is 14.9 Å². The molecule has 31 heavy (non-hydrogen) atoms. The number of hydrogen-bond donors (Lipinski definition) is 1. The van der Waals surface area contributed by atoms with E-state index in [0.717, 1.165) is 30.8 Å². The quantitative estimate of drug-likeness (QED) is 0.667. The van der Waals surface area contributed by atoms with Crippen LogP contribution in [0.3, 0.4) is 0 Å². The zero-order chi connectivity index (χ0) is 21.8. The minimum atomic E-state index is -4.42. The molecule has 5 nitrogen and oxygen atoms in total. The van der Waals surface area contributed by atoms with E-state index in [4.69, 9.17) is 10.1 Å². The molecule has 0 bridgehead atoms. The smallest absolute Gasteiger partial charge is 0.395 e. The van der Waals surface area contributed by atoms with Gasteiger partial charge in [0.25, 0.3) is 0 Å². The zero-order valence-corrected chi connectivity index (χ0v) is 16.9. The van der Waals surface area contributed by atoms with Crippen molar-refractivity contribution in [3.63, 3.8) is 0 Å². The summed E-state index contributed by atoms with van der Waals surface area (Å²) in [5, 5.41) is 9.15. The molecule has 0 saturated carbocycles. The van der Waals surface area contributed by atoms with E-state index in [1.807, 2.05) is 30.3 Å². The molecule has 0 radical (unpaired) electrons. The Kier molecular flexibility index (Phi) is 6.20. The number of β-amino-alcohol motifs (C(OH)–C–C–N with tert-alkyl or cyclic N) is 1. The summed E-state index contributed by atoms with van der Waals surface area (Å²) in [5.74, 6) is 1.16. The normalized spacial score (nSPS) is 15.3. The molecule has 1 aliphatic rings. The second-order valence-corrected chi connectivity index (χ2v) is 7.43. The Labute approximate surface area is 178 Å². The summed E-state index contributed by atoms with van der Waals surface area (Å²) in [7, 11) is 0. The molecule has 1 saturated heterocycles. The first-order valence-electron chi connectivity index (χ1n) is 10.1.